The minimum absolute atomic E-state index is 0.324. The summed E-state index contributed by atoms with van der Waals surface area (Å²) in [6, 6.07) is 0.629. The first-order chi connectivity index (χ1) is 6.83. The molecule has 1 fully saturated rings. The van der Waals surface area contributed by atoms with Gasteiger partial charge in [-0.25, -0.2) is 4.79 Å². The van der Waals surface area contributed by atoms with E-state index in [1.165, 1.54) is 17.9 Å². The number of alkyl carbamates (subject to hydrolysis) is 1. The van der Waals surface area contributed by atoms with Crippen molar-refractivity contribution in [3.8, 4) is 0 Å². The molecule has 0 bridgehead atoms. The van der Waals surface area contributed by atoms with E-state index < -0.39 is 0 Å². The Hall–Kier alpha value is -0.420. The van der Waals surface area contributed by atoms with Crippen molar-refractivity contribution in [2.45, 2.75) is 19.4 Å². The molecule has 0 aromatic carbocycles. The largest absolute Gasteiger partial charge is 0.450 e. The van der Waals surface area contributed by atoms with Crippen LogP contribution in [0.3, 0.4) is 0 Å². The zero-order valence-electron chi connectivity index (χ0n) is 8.54. The van der Waals surface area contributed by atoms with Crippen molar-refractivity contribution in [2.75, 3.05) is 31.2 Å². The first-order valence-electron chi connectivity index (χ1n) is 5.04. The number of carbonyl (C=O) groups excluding carboxylic acids is 1. The van der Waals surface area contributed by atoms with E-state index in [4.69, 9.17) is 4.74 Å². The first kappa shape index (κ1) is 11.7. The lowest BCUT2D eigenvalue weighted by atomic mass is 10.3. The summed E-state index contributed by atoms with van der Waals surface area (Å²) in [5.74, 6) is 2.45. The van der Waals surface area contributed by atoms with Crippen LogP contribution in [0.2, 0.25) is 0 Å². The maximum Gasteiger partial charge on any atom is 0.407 e. The molecule has 1 saturated heterocycles. The zero-order chi connectivity index (χ0) is 10.2. The summed E-state index contributed by atoms with van der Waals surface area (Å²) in [4.78, 5) is 10.9. The lowest BCUT2D eigenvalue weighted by molar-refractivity contribution is 0.152. The van der Waals surface area contributed by atoms with Crippen LogP contribution in [0.25, 0.3) is 0 Å². The van der Waals surface area contributed by atoms with Crippen molar-refractivity contribution < 1.29 is 9.53 Å². The van der Waals surface area contributed by atoms with Gasteiger partial charge in [0.1, 0.15) is 0 Å². The molecule has 5 heteroatoms. The predicted molar refractivity (Wildman–Crippen MR) is 58.8 cm³/mol. The highest BCUT2D eigenvalue weighted by atomic mass is 32.2. The van der Waals surface area contributed by atoms with Gasteiger partial charge < -0.3 is 15.4 Å². The fourth-order valence-corrected chi connectivity index (χ4v) is 2.51. The molecule has 1 aliphatic rings. The number of ether oxygens (including phenoxy) is 1. The molecule has 0 aromatic heterocycles. The van der Waals surface area contributed by atoms with Crippen LogP contribution in [-0.4, -0.2) is 43.3 Å². The molecule has 0 aliphatic carbocycles. The maximum absolute atomic E-state index is 10.9. The molecule has 1 rings (SSSR count). The van der Waals surface area contributed by atoms with Crippen LogP contribution in [0.5, 0.6) is 0 Å². The Morgan fingerprint density at radius 2 is 2.43 bits per heavy atom. The van der Waals surface area contributed by atoms with Crippen molar-refractivity contribution in [3.05, 3.63) is 0 Å². The van der Waals surface area contributed by atoms with Gasteiger partial charge in [-0.05, 0) is 19.1 Å². The van der Waals surface area contributed by atoms with Crippen LogP contribution < -0.4 is 10.6 Å². The van der Waals surface area contributed by atoms with Gasteiger partial charge in [0, 0.05) is 24.9 Å². The van der Waals surface area contributed by atoms with Crippen LogP contribution in [0.15, 0.2) is 0 Å². The van der Waals surface area contributed by atoms with Gasteiger partial charge in [0.2, 0.25) is 0 Å². The third-order valence-corrected chi connectivity index (χ3v) is 3.19. The molecule has 2 N–H and O–H groups in total. The fraction of sp³-hybridized carbons (Fsp3) is 0.889. The molecule has 4 nitrogen and oxygen atoms in total. The summed E-state index contributed by atoms with van der Waals surface area (Å²) in [6.07, 6.45) is 0.916. The molecule has 1 aliphatic heterocycles. The second-order valence-corrected chi connectivity index (χ2v) is 4.31. The molecular weight excluding hydrogens is 200 g/mol. The van der Waals surface area contributed by atoms with Gasteiger partial charge in [0.05, 0.1) is 6.61 Å². The Labute approximate surface area is 89.2 Å². The molecule has 0 saturated carbocycles. The van der Waals surface area contributed by atoms with Gasteiger partial charge in [-0.2, -0.15) is 11.8 Å². The van der Waals surface area contributed by atoms with Crippen LogP contribution in [-0.2, 0) is 4.74 Å². The van der Waals surface area contributed by atoms with E-state index in [2.05, 4.69) is 10.6 Å². The summed E-state index contributed by atoms with van der Waals surface area (Å²) in [5, 5.41) is 6.07. The number of amides is 1. The number of nitrogens with one attached hydrogen (secondary N) is 2. The highest BCUT2D eigenvalue weighted by molar-refractivity contribution is 7.99. The normalized spacial score (nSPS) is 20.8. The molecule has 0 spiro atoms. The molecule has 82 valence electrons. The van der Waals surface area contributed by atoms with E-state index in [9.17, 15) is 4.79 Å². The van der Waals surface area contributed by atoms with E-state index in [1.807, 2.05) is 11.8 Å². The average Bonchev–Trinajstić information content (AvgIpc) is 2.65. The van der Waals surface area contributed by atoms with Crippen molar-refractivity contribution >= 4 is 17.9 Å². The molecule has 1 unspecified atom stereocenters. The van der Waals surface area contributed by atoms with Gasteiger partial charge in [-0.3, -0.25) is 0 Å². The quantitative estimate of drug-likeness (QED) is 0.671. The van der Waals surface area contributed by atoms with Gasteiger partial charge in [0.15, 0.2) is 0 Å². The predicted octanol–water partition coefficient (Wildman–Crippen LogP) is 0.828. The van der Waals surface area contributed by atoms with E-state index in [-0.39, 0.29) is 6.09 Å². The number of rotatable bonds is 5. The summed E-state index contributed by atoms with van der Waals surface area (Å²) < 4.78 is 4.73. The second-order valence-electron chi connectivity index (χ2n) is 3.16. The monoisotopic (exact) mass is 218 g/mol. The third-order valence-electron chi connectivity index (χ3n) is 2.03. The Morgan fingerprint density at radius 1 is 1.57 bits per heavy atom. The summed E-state index contributed by atoms with van der Waals surface area (Å²) in [7, 11) is 0. The average molecular weight is 218 g/mol. The highest BCUT2D eigenvalue weighted by Crippen LogP contribution is 2.16. The number of thioether (sulfide) groups is 1. The van der Waals surface area contributed by atoms with Crippen LogP contribution in [0.4, 0.5) is 4.79 Å². The highest BCUT2D eigenvalue weighted by Gasteiger charge is 2.13. The lowest BCUT2D eigenvalue weighted by Gasteiger charge is -2.11. The first-order valence-corrected chi connectivity index (χ1v) is 6.20. The summed E-state index contributed by atoms with van der Waals surface area (Å²) >= 11 is 1.98. The van der Waals surface area contributed by atoms with Crippen molar-refractivity contribution in [1.29, 1.82) is 0 Å². The lowest BCUT2D eigenvalue weighted by Crippen LogP contribution is -2.37. The Morgan fingerprint density at radius 3 is 3.07 bits per heavy atom. The standard InChI is InChI=1S/C9H18N2O2S/c1-2-13-9(12)11-5-4-10-8-3-6-14-7-8/h8,10H,2-7H2,1H3,(H,11,12). The minimum atomic E-state index is -0.324. The summed E-state index contributed by atoms with van der Waals surface area (Å²) in [5.41, 5.74) is 0. The fourth-order valence-electron chi connectivity index (χ4n) is 1.32. The zero-order valence-corrected chi connectivity index (χ0v) is 9.36. The molecule has 1 amide bonds. The Balaban J connectivity index is 1.90. The SMILES string of the molecule is CCOC(=O)NCCNC1CCSC1. The Kier molecular flexibility index (Phi) is 5.78. The summed E-state index contributed by atoms with van der Waals surface area (Å²) in [6.45, 7) is 3.69. The molecule has 1 atom stereocenters. The molecule has 1 heterocycles. The molecule has 14 heavy (non-hydrogen) atoms. The van der Waals surface area contributed by atoms with Gasteiger partial charge in [-0.1, -0.05) is 0 Å². The molecule has 0 radical (unpaired) electrons. The van der Waals surface area contributed by atoms with Crippen molar-refractivity contribution in [3.63, 3.8) is 0 Å². The number of hydrogen-bond donors (Lipinski definition) is 2. The van der Waals surface area contributed by atoms with Gasteiger partial charge in [0.25, 0.3) is 0 Å². The smallest absolute Gasteiger partial charge is 0.407 e. The maximum atomic E-state index is 10.9. The van der Waals surface area contributed by atoms with E-state index in [0.29, 0.717) is 19.2 Å². The van der Waals surface area contributed by atoms with E-state index >= 15 is 0 Å². The number of hydrogen-bond acceptors (Lipinski definition) is 4. The van der Waals surface area contributed by atoms with Gasteiger partial charge >= 0.3 is 6.09 Å². The molecule has 0 aromatic rings. The van der Waals surface area contributed by atoms with Crippen LogP contribution >= 0.6 is 11.8 Å². The minimum Gasteiger partial charge on any atom is -0.450 e. The van der Waals surface area contributed by atoms with Gasteiger partial charge in [-0.15, -0.1) is 0 Å². The van der Waals surface area contributed by atoms with Crippen LogP contribution in [0, 0.1) is 0 Å². The number of carbonyl (C=O) groups is 1. The molecular formula is C9H18N2O2S. The third kappa shape index (κ3) is 4.72. The van der Waals surface area contributed by atoms with E-state index in [1.54, 1.807) is 6.92 Å². The Bertz CT molecular complexity index is 172. The van der Waals surface area contributed by atoms with Crippen molar-refractivity contribution in [2.24, 2.45) is 0 Å². The second kappa shape index (κ2) is 6.95. The van der Waals surface area contributed by atoms with E-state index in [0.717, 1.165) is 6.54 Å². The van der Waals surface area contributed by atoms with Crippen molar-refractivity contribution in [1.82, 2.24) is 10.6 Å². The topological polar surface area (TPSA) is 50.4 Å². The van der Waals surface area contributed by atoms with Crippen LogP contribution in [0.1, 0.15) is 13.3 Å².